The first-order valence-corrected chi connectivity index (χ1v) is 8.21. The second-order valence-corrected chi connectivity index (χ2v) is 5.77. The van der Waals surface area contributed by atoms with Crippen LogP contribution in [0.5, 0.6) is 0 Å². The standard InChI is InChI=1S/C20H21NO5/c21-19(20(24)26-14-16-9-5-2-6-10-16)17(12-22)11-18(23)25-13-15-7-3-1-4-8-15/h1-10,12,17,19H,11,13-14,21H2/t17?,19-/m0/s1. The zero-order valence-corrected chi connectivity index (χ0v) is 14.2. The Balaban J connectivity index is 1.80. The van der Waals surface area contributed by atoms with Gasteiger partial charge in [0, 0.05) is 0 Å². The molecule has 0 saturated heterocycles. The minimum atomic E-state index is -1.22. The molecule has 0 spiro atoms. The quantitative estimate of drug-likeness (QED) is 0.546. The normalized spacial score (nSPS) is 12.7. The fourth-order valence-corrected chi connectivity index (χ4v) is 2.25. The van der Waals surface area contributed by atoms with Crippen molar-refractivity contribution >= 4 is 18.2 Å². The summed E-state index contributed by atoms with van der Waals surface area (Å²) < 4.78 is 10.2. The van der Waals surface area contributed by atoms with Crippen LogP contribution in [0.25, 0.3) is 0 Å². The average molecular weight is 355 g/mol. The molecule has 6 nitrogen and oxygen atoms in total. The van der Waals surface area contributed by atoms with Crippen LogP contribution in [0.15, 0.2) is 60.7 Å². The lowest BCUT2D eigenvalue weighted by atomic mass is 9.98. The summed E-state index contributed by atoms with van der Waals surface area (Å²) in [7, 11) is 0. The molecule has 0 aliphatic heterocycles. The smallest absolute Gasteiger partial charge is 0.324 e. The topological polar surface area (TPSA) is 95.7 Å². The number of hydrogen-bond acceptors (Lipinski definition) is 6. The molecular weight excluding hydrogens is 334 g/mol. The van der Waals surface area contributed by atoms with E-state index in [4.69, 9.17) is 15.2 Å². The van der Waals surface area contributed by atoms with Crippen molar-refractivity contribution in [3.05, 3.63) is 71.8 Å². The third-order valence-corrected chi connectivity index (χ3v) is 3.78. The number of hydrogen-bond donors (Lipinski definition) is 1. The molecule has 2 aromatic rings. The zero-order valence-electron chi connectivity index (χ0n) is 14.2. The molecule has 0 fully saturated rings. The molecule has 0 aromatic heterocycles. The Hall–Kier alpha value is -2.99. The maximum atomic E-state index is 12.0. The summed E-state index contributed by atoms with van der Waals surface area (Å²) in [6.45, 7) is 0.149. The minimum Gasteiger partial charge on any atom is -0.461 e. The lowest BCUT2D eigenvalue weighted by Gasteiger charge is -2.17. The number of carbonyl (C=O) groups excluding carboxylic acids is 3. The van der Waals surface area contributed by atoms with Gasteiger partial charge >= 0.3 is 11.9 Å². The average Bonchev–Trinajstić information content (AvgIpc) is 2.69. The molecule has 0 bridgehead atoms. The van der Waals surface area contributed by atoms with E-state index < -0.39 is 23.9 Å². The molecule has 1 unspecified atom stereocenters. The molecule has 0 heterocycles. The Kier molecular flexibility index (Phi) is 7.51. The van der Waals surface area contributed by atoms with Gasteiger partial charge in [0.1, 0.15) is 25.5 Å². The maximum Gasteiger partial charge on any atom is 0.324 e. The van der Waals surface area contributed by atoms with Crippen LogP contribution in [-0.2, 0) is 37.1 Å². The largest absolute Gasteiger partial charge is 0.461 e. The summed E-state index contributed by atoms with van der Waals surface area (Å²) in [6.07, 6.45) is 0.205. The molecule has 26 heavy (non-hydrogen) atoms. The van der Waals surface area contributed by atoms with E-state index in [1.54, 1.807) is 12.1 Å². The second-order valence-electron chi connectivity index (χ2n) is 5.77. The number of aldehydes is 1. The maximum absolute atomic E-state index is 12.0. The highest BCUT2D eigenvalue weighted by Gasteiger charge is 2.28. The van der Waals surface area contributed by atoms with Crippen molar-refractivity contribution in [3.8, 4) is 0 Å². The summed E-state index contributed by atoms with van der Waals surface area (Å²) in [4.78, 5) is 35.2. The lowest BCUT2D eigenvalue weighted by Crippen LogP contribution is -2.41. The van der Waals surface area contributed by atoms with Crippen LogP contribution in [0.4, 0.5) is 0 Å². The van der Waals surface area contributed by atoms with Gasteiger partial charge in [-0.2, -0.15) is 0 Å². The fourth-order valence-electron chi connectivity index (χ4n) is 2.25. The van der Waals surface area contributed by atoms with Crippen molar-refractivity contribution in [2.75, 3.05) is 0 Å². The van der Waals surface area contributed by atoms with Crippen molar-refractivity contribution in [2.45, 2.75) is 25.7 Å². The first-order valence-electron chi connectivity index (χ1n) is 8.21. The van der Waals surface area contributed by atoms with Gasteiger partial charge in [0.15, 0.2) is 0 Å². The van der Waals surface area contributed by atoms with Gasteiger partial charge in [-0.3, -0.25) is 9.59 Å². The first kappa shape index (κ1) is 19.3. The number of carbonyl (C=O) groups is 3. The molecule has 2 aromatic carbocycles. The predicted molar refractivity (Wildman–Crippen MR) is 94.6 cm³/mol. The predicted octanol–water partition coefficient (Wildman–Crippen LogP) is 2.01. The third-order valence-electron chi connectivity index (χ3n) is 3.78. The van der Waals surface area contributed by atoms with E-state index in [1.165, 1.54) is 0 Å². The molecule has 2 atom stereocenters. The summed E-state index contributed by atoms with van der Waals surface area (Å²) in [5.41, 5.74) is 7.41. The number of ether oxygens (including phenoxy) is 2. The summed E-state index contributed by atoms with van der Waals surface area (Å²) >= 11 is 0. The van der Waals surface area contributed by atoms with Crippen molar-refractivity contribution in [3.63, 3.8) is 0 Å². The highest BCUT2D eigenvalue weighted by Crippen LogP contribution is 2.11. The van der Waals surface area contributed by atoms with Gasteiger partial charge in [-0.15, -0.1) is 0 Å². The van der Waals surface area contributed by atoms with E-state index in [2.05, 4.69) is 0 Å². The van der Waals surface area contributed by atoms with Gasteiger partial charge in [0.2, 0.25) is 0 Å². The van der Waals surface area contributed by atoms with E-state index in [-0.39, 0.29) is 19.6 Å². The molecular formula is C20H21NO5. The monoisotopic (exact) mass is 355 g/mol. The van der Waals surface area contributed by atoms with Crippen LogP contribution < -0.4 is 5.73 Å². The second kappa shape index (κ2) is 10.1. The lowest BCUT2D eigenvalue weighted by molar-refractivity contribution is -0.151. The summed E-state index contributed by atoms with van der Waals surface area (Å²) in [5.74, 6) is -2.33. The fraction of sp³-hybridized carbons (Fsp3) is 0.250. The van der Waals surface area contributed by atoms with Crippen molar-refractivity contribution in [1.29, 1.82) is 0 Å². The molecule has 0 saturated carbocycles. The molecule has 2 N–H and O–H groups in total. The molecule has 0 aliphatic rings. The highest BCUT2D eigenvalue weighted by atomic mass is 16.5. The van der Waals surface area contributed by atoms with Gasteiger partial charge < -0.3 is 20.0 Å². The Morgan fingerprint density at radius 2 is 1.38 bits per heavy atom. The van der Waals surface area contributed by atoms with Crippen LogP contribution >= 0.6 is 0 Å². The SMILES string of the molecule is N[C@H](C(=O)OCc1ccccc1)C(C=O)CC(=O)OCc1ccccc1. The minimum absolute atomic E-state index is 0.0530. The highest BCUT2D eigenvalue weighted by molar-refractivity contribution is 5.83. The molecule has 0 radical (unpaired) electrons. The molecule has 136 valence electrons. The van der Waals surface area contributed by atoms with Gasteiger partial charge in [0.25, 0.3) is 0 Å². The summed E-state index contributed by atoms with van der Waals surface area (Å²) in [5, 5.41) is 0. The van der Waals surface area contributed by atoms with E-state index in [9.17, 15) is 14.4 Å². The van der Waals surface area contributed by atoms with Gasteiger partial charge in [0.05, 0.1) is 12.3 Å². The molecule has 2 rings (SSSR count). The molecule has 6 heteroatoms. The van der Waals surface area contributed by atoms with Crippen molar-refractivity contribution in [2.24, 2.45) is 11.7 Å². The number of nitrogens with two attached hydrogens (primary N) is 1. The van der Waals surface area contributed by atoms with Crippen molar-refractivity contribution < 1.29 is 23.9 Å². The Morgan fingerprint density at radius 3 is 1.88 bits per heavy atom. The van der Waals surface area contributed by atoms with Gasteiger partial charge in [-0.05, 0) is 11.1 Å². The first-order chi connectivity index (χ1) is 12.6. The van der Waals surface area contributed by atoms with Gasteiger partial charge in [-0.25, -0.2) is 0 Å². The Bertz CT molecular complexity index is 717. The van der Waals surface area contributed by atoms with Gasteiger partial charge in [-0.1, -0.05) is 60.7 Å². The molecule has 0 amide bonds. The van der Waals surface area contributed by atoms with E-state index in [1.807, 2.05) is 48.5 Å². The third kappa shape index (κ3) is 6.14. The van der Waals surface area contributed by atoms with Crippen LogP contribution in [0.1, 0.15) is 17.5 Å². The summed E-state index contributed by atoms with van der Waals surface area (Å²) in [6, 6.07) is 17.0. The Labute approximate surface area is 151 Å². The number of rotatable bonds is 9. The van der Waals surface area contributed by atoms with Crippen LogP contribution in [0, 0.1) is 5.92 Å². The number of esters is 2. The van der Waals surface area contributed by atoms with Crippen LogP contribution in [0.2, 0.25) is 0 Å². The van der Waals surface area contributed by atoms with Crippen LogP contribution in [0.3, 0.4) is 0 Å². The number of benzene rings is 2. The van der Waals surface area contributed by atoms with Crippen LogP contribution in [-0.4, -0.2) is 24.3 Å². The molecule has 0 aliphatic carbocycles. The van der Waals surface area contributed by atoms with E-state index in [0.717, 1.165) is 11.1 Å². The van der Waals surface area contributed by atoms with E-state index >= 15 is 0 Å². The zero-order chi connectivity index (χ0) is 18.8. The van der Waals surface area contributed by atoms with E-state index in [0.29, 0.717) is 6.29 Å². The Morgan fingerprint density at radius 1 is 0.885 bits per heavy atom. The van der Waals surface area contributed by atoms with Crippen molar-refractivity contribution in [1.82, 2.24) is 0 Å².